The quantitative estimate of drug-likeness (QED) is 0.811. The third-order valence-electron chi connectivity index (χ3n) is 3.08. The molecule has 1 heterocycles. The van der Waals surface area contributed by atoms with E-state index in [0.29, 0.717) is 6.54 Å². The predicted molar refractivity (Wildman–Crippen MR) is 64.2 cm³/mol. The van der Waals surface area contributed by atoms with Gasteiger partial charge in [0.25, 0.3) is 0 Å². The number of benzene rings is 1. The normalized spacial score (nSPS) is 15.2. The van der Waals surface area contributed by atoms with Gasteiger partial charge in [-0.15, -0.1) is 0 Å². The Hall–Kier alpha value is -1.51. The summed E-state index contributed by atoms with van der Waals surface area (Å²) in [6, 6.07) is 8.21. The first kappa shape index (κ1) is 11.0. The molecule has 1 fully saturated rings. The summed E-state index contributed by atoms with van der Waals surface area (Å²) in [5, 5.41) is 2.97. The smallest absolute Gasteiger partial charge is 0.317 e. The lowest BCUT2D eigenvalue weighted by atomic mass is 10.1. The number of carbonyl (C=O) groups is 1. The topological polar surface area (TPSA) is 32.3 Å². The second-order valence-electron chi connectivity index (χ2n) is 4.28. The maximum Gasteiger partial charge on any atom is 0.317 e. The van der Waals surface area contributed by atoms with Crippen LogP contribution in [0.15, 0.2) is 24.3 Å². The van der Waals surface area contributed by atoms with Crippen LogP contribution in [0.5, 0.6) is 0 Å². The lowest BCUT2D eigenvalue weighted by Gasteiger charge is -2.16. The molecule has 0 spiro atoms. The maximum atomic E-state index is 11.7. The predicted octanol–water partition coefficient (Wildman–Crippen LogP) is 2.30. The number of likely N-dealkylation sites (tertiary alicyclic amines) is 1. The van der Waals surface area contributed by atoms with Gasteiger partial charge in [-0.3, -0.25) is 0 Å². The van der Waals surface area contributed by atoms with Gasteiger partial charge >= 0.3 is 6.03 Å². The zero-order chi connectivity index (χ0) is 11.4. The van der Waals surface area contributed by atoms with Gasteiger partial charge in [0.2, 0.25) is 0 Å². The zero-order valence-electron chi connectivity index (χ0n) is 9.70. The van der Waals surface area contributed by atoms with Crippen molar-refractivity contribution >= 4 is 6.03 Å². The summed E-state index contributed by atoms with van der Waals surface area (Å²) < 4.78 is 0. The number of amides is 2. The molecular weight excluding hydrogens is 200 g/mol. The maximum absolute atomic E-state index is 11.7. The van der Waals surface area contributed by atoms with Crippen molar-refractivity contribution in [3.63, 3.8) is 0 Å². The van der Waals surface area contributed by atoms with Gasteiger partial charge in [0.1, 0.15) is 0 Å². The Morgan fingerprint density at radius 2 is 2.00 bits per heavy atom. The highest BCUT2D eigenvalue weighted by Gasteiger charge is 2.17. The minimum Gasteiger partial charge on any atom is -0.334 e. The minimum atomic E-state index is 0.0701. The van der Waals surface area contributed by atoms with Crippen LogP contribution in [0.25, 0.3) is 0 Å². The summed E-state index contributed by atoms with van der Waals surface area (Å²) in [6.07, 6.45) is 2.27. The fourth-order valence-corrected chi connectivity index (χ4v) is 2.01. The van der Waals surface area contributed by atoms with Crippen molar-refractivity contribution in [2.24, 2.45) is 0 Å². The molecule has 0 aromatic heterocycles. The number of carbonyl (C=O) groups excluding carboxylic acids is 1. The number of nitrogens with one attached hydrogen (secondary N) is 1. The average molecular weight is 218 g/mol. The van der Waals surface area contributed by atoms with Gasteiger partial charge in [-0.2, -0.15) is 0 Å². The van der Waals surface area contributed by atoms with E-state index >= 15 is 0 Å². The molecule has 0 saturated carbocycles. The standard InChI is InChI=1S/C13H18N2O/c1-11-6-2-3-7-12(11)10-14-13(16)15-8-4-5-9-15/h2-3,6-7H,4-5,8-10H2,1H3,(H,14,16). The molecular formula is C13H18N2O. The Bertz CT molecular complexity index is 370. The molecule has 0 atom stereocenters. The average Bonchev–Trinajstić information content (AvgIpc) is 2.81. The van der Waals surface area contributed by atoms with Crippen molar-refractivity contribution in [3.05, 3.63) is 35.4 Å². The van der Waals surface area contributed by atoms with Crippen molar-refractivity contribution in [2.45, 2.75) is 26.3 Å². The molecule has 3 heteroatoms. The molecule has 1 saturated heterocycles. The van der Waals surface area contributed by atoms with Crippen LogP contribution in [0.3, 0.4) is 0 Å². The van der Waals surface area contributed by atoms with Crippen molar-refractivity contribution in [3.8, 4) is 0 Å². The van der Waals surface area contributed by atoms with Crippen molar-refractivity contribution in [1.82, 2.24) is 10.2 Å². The molecule has 2 rings (SSSR count). The van der Waals surface area contributed by atoms with Gasteiger partial charge in [0.15, 0.2) is 0 Å². The van der Waals surface area contributed by atoms with Gasteiger partial charge in [0, 0.05) is 19.6 Å². The number of hydrogen-bond donors (Lipinski definition) is 1. The Morgan fingerprint density at radius 3 is 2.69 bits per heavy atom. The van der Waals surface area contributed by atoms with E-state index in [4.69, 9.17) is 0 Å². The molecule has 0 radical (unpaired) electrons. The largest absolute Gasteiger partial charge is 0.334 e. The van der Waals surface area contributed by atoms with Gasteiger partial charge in [-0.05, 0) is 30.9 Å². The molecule has 3 nitrogen and oxygen atoms in total. The van der Waals surface area contributed by atoms with Crippen molar-refractivity contribution in [2.75, 3.05) is 13.1 Å². The molecule has 86 valence electrons. The molecule has 1 aromatic rings. The fraction of sp³-hybridized carbons (Fsp3) is 0.462. The van der Waals surface area contributed by atoms with Gasteiger partial charge in [-0.25, -0.2) is 4.79 Å². The first-order valence-corrected chi connectivity index (χ1v) is 5.84. The third-order valence-corrected chi connectivity index (χ3v) is 3.08. The summed E-state index contributed by atoms with van der Waals surface area (Å²) in [7, 11) is 0. The Labute approximate surface area is 96.5 Å². The molecule has 1 aliphatic rings. The highest BCUT2D eigenvalue weighted by molar-refractivity contribution is 5.74. The number of aryl methyl sites for hydroxylation is 1. The Balaban J connectivity index is 1.87. The van der Waals surface area contributed by atoms with Crippen LogP contribution in [-0.2, 0) is 6.54 Å². The minimum absolute atomic E-state index is 0.0701. The van der Waals surface area contributed by atoms with Gasteiger partial charge < -0.3 is 10.2 Å². The number of urea groups is 1. The van der Waals surface area contributed by atoms with Gasteiger partial charge in [-0.1, -0.05) is 24.3 Å². The summed E-state index contributed by atoms with van der Waals surface area (Å²) in [5.74, 6) is 0. The van der Waals surface area contributed by atoms with E-state index in [2.05, 4.69) is 24.4 Å². The first-order chi connectivity index (χ1) is 7.77. The van der Waals surface area contributed by atoms with Crippen LogP contribution in [0.4, 0.5) is 4.79 Å². The Morgan fingerprint density at radius 1 is 1.31 bits per heavy atom. The lowest BCUT2D eigenvalue weighted by molar-refractivity contribution is 0.208. The van der Waals surface area contributed by atoms with E-state index < -0.39 is 0 Å². The summed E-state index contributed by atoms with van der Waals surface area (Å²) in [6.45, 7) is 4.50. The summed E-state index contributed by atoms with van der Waals surface area (Å²) in [5.41, 5.74) is 2.42. The van der Waals surface area contributed by atoms with Crippen LogP contribution in [-0.4, -0.2) is 24.0 Å². The monoisotopic (exact) mass is 218 g/mol. The van der Waals surface area contributed by atoms with E-state index in [1.165, 1.54) is 11.1 Å². The van der Waals surface area contributed by atoms with Crippen molar-refractivity contribution in [1.29, 1.82) is 0 Å². The highest BCUT2D eigenvalue weighted by Crippen LogP contribution is 2.09. The summed E-state index contributed by atoms with van der Waals surface area (Å²) >= 11 is 0. The Kier molecular flexibility index (Phi) is 3.44. The van der Waals surface area contributed by atoms with Crippen LogP contribution in [0.1, 0.15) is 24.0 Å². The van der Waals surface area contributed by atoms with E-state index in [9.17, 15) is 4.79 Å². The molecule has 0 aliphatic carbocycles. The summed E-state index contributed by atoms with van der Waals surface area (Å²) in [4.78, 5) is 13.6. The highest BCUT2D eigenvalue weighted by atomic mass is 16.2. The lowest BCUT2D eigenvalue weighted by Crippen LogP contribution is -2.37. The second-order valence-corrected chi connectivity index (χ2v) is 4.28. The fourth-order valence-electron chi connectivity index (χ4n) is 2.01. The molecule has 0 bridgehead atoms. The second kappa shape index (κ2) is 5.01. The molecule has 2 amide bonds. The van der Waals surface area contributed by atoms with Crippen LogP contribution in [0, 0.1) is 6.92 Å². The van der Waals surface area contributed by atoms with E-state index in [1.807, 2.05) is 17.0 Å². The first-order valence-electron chi connectivity index (χ1n) is 5.84. The van der Waals surface area contributed by atoms with E-state index in [0.717, 1.165) is 25.9 Å². The van der Waals surface area contributed by atoms with Gasteiger partial charge in [0.05, 0.1) is 0 Å². The number of rotatable bonds is 2. The molecule has 16 heavy (non-hydrogen) atoms. The third kappa shape index (κ3) is 2.54. The van der Waals surface area contributed by atoms with Crippen molar-refractivity contribution < 1.29 is 4.79 Å². The van der Waals surface area contributed by atoms with E-state index in [-0.39, 0.29) is 6.03 Å². The molecule has 1 aromatic carbocycles. The molecule has 0 unspecified atom stereocenters. The molecule has 1 aliphatic heterocycles. The zero-order valence-corrected chi connectivity index (χ0v) is 9.70. The van der Waals surface area contributed by atoms with Crippen LogP contribution in [0.2, 0.25) is 0 Å². The number of hydrogen-bond acceptors (Lipinski definition) is 1. The van der Waals surface area contributed by atoms with Crippen LogP contribution >= 0.6 is 0 Å². The van der Waals surface area contributed by atoms with Crippen LogP contribution < -0.4 is 5.32 Å². The SMILES string of the molecule is Cc1ccccc1CNC(=O)N1CCCC1. The number of nitrogens with zero attached hydrogens (tertiary/aromatic N) is 1. The van der Waals surface area contributed by atoms with E-state index in [1.54, 1.807) is 0 Å². The molecule has 1 N–H and O–H groups in total.